The third-order valence-corrected chi connectivity index (χ3v) is 7.04. The van der Waals surface area contributed by atoms with E-state index in [1.165, 1.54) is 0 Å². The smallest absolute Gasteiger partial charge is 0.226 e. The van der Waals surface area contributed by atoms with Crippen LogP contribution in [0.15, 0.2) is 85.5 Å². The van der Waals surface area contributed by atoms with Crippen LogP contribution in [0.3, 0.4) is 0 Å². The number of hydrogen-bond acceptors (Lipinski definition) is 4. The van der Waals surface area contributed by atoms with Crippen molar-refractivity contribution in [2.45, 2.75) is 38.9 Å². The molecule has 1 saturated heterocycles. The molecule has 5 rings (SSSR count). The lowest BCUT2D eigenvalue weighted by molar-refractivity contribution is -0.116. The van der Waals surface area contributed by atoms with Gasteiger partial charge in [0, 0.05) is 55.7 Å². The second kappa shape index (κ2) is 10.9. The van der Waals surface area contributed by atoms with E-state index in [1.807, 2.05) is 68.6 Å². The van der Waals surface area contributed by atoms with E-state index < -0.39 is 0 Å². The number of rotatable bonds is 8. The van der Waals surface area contributed by atoms with Crippen LogP contribution in [0.25, 0.3) is 0 Å². The summed E-state index contributed by atoms with van der Waals surface area (Å²) in [7, 11) is 0. The number of carbonyl (C=O) groups excluding carboxylic acids is 1. The van der Waals surface area contributed by atoms with Crippen LogP contribution in [0.2, 0.25) is 0 Å². The SMILES string of the molecule is Cc1ccc(C)c(NC(=O)CCN2C(=S)N[C@H](c3ccccn3)[C@H]2c2cccn2Cc2cccnc2)c1. The average molecular weight is 511 g/mol. The topological polar surface area (TPSA) is 75.1 Å². The van der Waals surface area contributed by atoms with Crippen molar-refractivity contribution in [2.24, 2.45) is 0 Å². The predicted octanol–water partition coefficient (Wildman–Crippen LogP) is 4.94. The van der Waals surface area contributed by atoms with Crippen molar-refractivity contribution in [3.05, 3.63) is 114 Å². The number of carbonyl (C=O) groups is 1. The molecule has 0 unspecified atom stereocenters. The number of anilines is 1. The van der Waals surface area contributed by atoms with Crippen molar-refractivity contribution in [2.75, 3.05) is 11.9 Å². The third kappa shape index (κ3) is 5.54. The largest absolute Gasteiger partial charge is 0.352 e. The molecule has 0 bridgehead atoms. The van der Waals surface area contributed by atoms with E-state index in [0.29, 0.717) is 24.6 Å². The first-order valence-electron chi connectivity index (χ1n) is 12.4. The molecule has 188 valence electrons. The Balaban J connectivity index is 1.40. The highest BCUT2D eigenvalue weighted by atomic mass is 32.1. The van der Waals surface area contributed by atoms with Gasteiger partial charge in [-0.1, -0.05) is 24.3 Å². The number of pyridine rings is 2. The lowest BCUT2D eigenvalue weighted by atomic mass is 10.0. The lowest BCUT2D eigenvalue weighted by Gasteiger charge is -2.29. The van der Waals surface area contributed by atoms with Gasteiger partial charge in [0.05, 0.1) is 17.8 Å². The molecule has 1 aliphatic heterocycles. The van der Waals surface area contributed by atoms with Crippen molar-refractivity contribution in [1.29, 1.82) is 0 Å². The van der Waals surface area contributed by atoms with Crippen molar-refractivity contribution < 1.29 is 4.79 Å². The molecule has 7 nitrogen and oxygen atoms in total. The van der Waals surface area contributed by atoms with Crippen LogP contribution < -0.4 is 10.6 Å². The molecule has 1 aliphatic rings. The number of benzene rings is 1. The zero-order valence-electron chi connectivity index (χ0n) is 21.0. The van der Waals surface area contributed by atoms with E-state index in [-0.39, 0.29) is 18.0 Å². The van der Waals surface area contributed by atoms with E-state index in [2.05, 4.69) is 48.4 Å². The van der Waals surface area contributed by atoms with Gasteiger partial charge in [0.15, 0.2) is 5.11 Å². The Bertz CT molecular complexity index is 1390. The molecule has 1 aromatic carbocycles. The molecule has 3 aromatic heterocycles. The van der Waals surface area contributed by atoms with E-state index >= 15 is 0 Å². The predicted molar refractivity (Wildman–Crippen MR) is 149 cm³/mol. The molecule has 37 heavy (non-hydrogen) atoms. The molecule has 1 fully saturated rings. The Kier molecular flexibility index (Phi) is 7.28. The van der Waals surface area contributed by atoms with E-state index in [1.54, 1.807) is 12.4 Å². The Morgan fingerprint density at radius 3 is 2.76 bits per heavy atom. The number of thiocarbonyl (C=S) groups is 1. The monoisotopic (exact) mass is 510 g/mol. The number of nitrogens with one attached hydrogen (secondary N) is 2. The van der Waals surface area contributed by atoms with E-state index in [9.17, 15) is 4.79 Å². The van der Waals surface area contributed by atoms with Gasteiger partial charge in [-0.15, -0.1) is 0 Å². The highest BCUT2D eigenvalue weighted by Crippen LogP contribution is 2.39. The Morgan fingerprint density at radius 1 is 1.08 bits per heavy atom. The summed E-state index contributed by atoms with van der Waals surface area (Å²) >= 11 is 5.80. The molecule has 0 aliphatic carbocycles. The van der Waals surface area contributed by atoms with Crippen molar-refractivity contribution in [3.8, 4) is 0 Å². The molecule has 0 saturated carbocycles. The van der Waals surface area contributed by atoms with Crippen LogP contribution in [-0.4, -0.2) is 37.0 Å². The van der Waals surface area contributed by atoms with Crippen LogP contribution in [-0.2, 0) is 11.3 Å². The first-order chi connectivity index (χ1) is 18.0. The molecule has 0 radical (unpaired) electrons. The number of aromatic nitrogens is 3. The number of aryl methyl sites for hydroxylation is 2. The quantitative estimate of drug-likeness (QED) is 0.327. The summed E-state index contributed by atoms with van der Waals surface area (Å²) < 4.78 is 2.22. The van der Waals surface area contributed by atoms with Gasteiger partial charge in [-0.3, -0.25) is 14.8 Å². The number of nitrogens with zero attached hydrogens (tertiary/aromatic N) is 4. The summed E-state index contributed by atoms with van der Waals surface area (Å²) in [4.78, 5) is 24.0. The van der Waals surface area contributed by atoms with Gasteiger partial charge in [0.2, 0.25) is 5.91 Å². The average Bonchev–Trinajstić information content (AvgIpc) is 3.49. The maximum absolute atomic E-state index is 13.0. The Hall–Kier alpha value is -4.04. The van der Waals surface area contributed by atoms with Gasteiger partial charge < -0.3 is 20.1 Å². The van der Waals surface area contributed by atoms with Crippen LogP contribution in [0.1, 0.15) is 46.6 Å². The standard InChI is InChI=1S/C29H30N6OS/c1-20-10-11-21(2)24(17-20)32-26(36)12-16-35-28(27(33-29(35)37)23-8-3-4-14-31-23)25-9-6-15-34(25)19-22-7-5-13-30-18-22/h3-11,13-15,17-18,27-28H,12,16,19H2,1-2H3,(H,32,36)(H,33,37)/t27-,28-/m1/s1. The molecule has 8 heteroatoms. The van der Waals surface area contributed by atoms with Crippen LogP contribution in [0, 0.1) is 13.8 Å². The first kappa shape index (κ1) is 24.6. The maximum atomic E-state index is 13.0. The molecular weight excluding hydrogens is 480 g/mol. The van der Waals surface area contributed by atoms with Crippen LogP contribution >= 0.6 is 12.2 Å². The minimum Gasteiger partial charge on any atom is -0.352 e. The first-order valence-corrected chi connectivity index (χ1v) is 12.8. The molecule has 4 aromatic rings. The fourth-order valence-electron chi connectivity index (χ4n) is 4.80. The maximum Gasteiger partial charge on any atom is 0.226 e. The second-order valence-electron chi connectivity index (χ2n) is 9.36. The molecule has 4 heterocycles. The normalized spacial score (nSPS) is 17.0. The molecule has 0 spiro atoms. The van der Waals surface area contributed by atoms with Gasteiger partial charge >= 0.3 is 0 Å². The highest BCUT2D eigenvalue weighted by molar-refractivity contribution is 7.80. The Morgan fingerprint density at radius 2 is 1.97 bits per heavy atom. The van der Waals surface area contributed by atoms with Crippen molar-refractivity contribution >= 4 is 28.9 Å². The summed E-state index contributed by atoms with van der Waals surface area (Å²) in [5, 5.41) is 7.17. The zero-order valence-corrected chi connectivity index (χ0v) is 21.8. The fraction of sp³-hybridized carbons (Fsp3) is 0.241. The van der Waals surface area contributed by atoms with Gasteiger partial charge in [-0.25, -0.2) is 0 Å². The van der Waals surface area contributed by atoms with Gasteiger partial charge in [-0.2, -0.15) is 0 Å². The summed E-state index contributed by atoms with van der Waals surface area (Å²) in [5.74, 6) is -0.0396. The van der Waals surface area contributed by atoms with Crippen molar-refractivity contribution in [1.82, 2.24) is 24.8 Å². The Labute approximate surface area is 222 Å². The van der Waals surface area contributed by atoms with Crippen LogP contribution in [0.5, 0.6) is 0 Å². The third-order valence-electron chi connectivity index (χ3n) is 6.69. The van der Waals surface area contributed by atoms with Crippen LogP contribution in [0.4, 0.5) is 5.69 Å². The molecule has 2 N–H and O–H groups in total. The van der Waals surface area contributed by atoms with E-state index in [0.717, 1.165) is 33.8 Å². The molecular formula is C29H30N6OS. The molecule has 1 amide bonds. The van der Waals surface area contributed by atoms with Crippen molar-refractivity contribution in [3.63, 3.8) is 0 Å². The summed E-state index contributed by atoms with van der Waals surface area (Å²) in [5.41, 5.74) is 6.12. The lowest BCUT2D eigenvalue weighted by Crippen LogP contribution is -2.33. The van der Waals surface area contributed by atoms with Gasteiger partial charge in [0.25, 0.3) is 0 Å². The molecule has 2 atom stereocenters. The minimum atomic E-state index is -0.140. The zero-order chi connectivity index (χ0) is 25.8. The minimum absolute atomic E-state index is 0.0396. The van der Waals surface area contributed by atoms with Gasteiger partial charge in [0.1, 0.15) is 0 Å². The summed E-state index contributed by atoms with van der Waals surface area (Å²) in [6, 6.07) is 19.9. The van der Waals surface area contributed by atoms with E-state index in [4.69, 9.17) is 12.2 Å². The highest BCUT2D eigenvalue weighted by Gasteiger charge is 2.41. The second-order valence-corrected chi connectivity index (χ2v) is 9.75. The number of hydrogen-bond donors (Lipinski definition) is 2. The van der Waals surface area contributed by atoms with Gasteiger partial charge in [-0.05, 0) is 79.2 Å². The number of amides is 1. The summed E-state index contributed by atoms with van der Waals surface area (Å²) in [6.07, 6.45) is 7.84. The summed E-state index contributed by atoms with van der Waals surface area (Å²) in [6.45, 7) is 5.19. The fourth-order valence-corrected chi connectivity index (χ4v) is 5.13.